The Balaban J connectivity index is 1.99. The van der Waals surface area contributed by atoms with Gasteiger partial charge in [0.25, 0.3) is 0 Å². The molecule has 1 aliphatic rings. The van der Waals surface area contributed by atoms with Crippen LogP contribution in [0.15, 0.2) is 42.5 Å². The summed E-state index contributed by atoms with van der Waals surface area (Å²) in [6.45, 7) is 0.511. The van der Waals surface area contributed by atoms with Crippen LogP contribution in [0.5, 0.6) is 5.75 Å². The predicted molar refractivity (Wildman–Crippen MR) is 77.2 cm³/mol. The molecule has 4 rings (SSSR count). The van der Waals surface area contributed by atoms with Crippen molar-refractivity contribution < 1.29 is 9.13 Å². The Morgan fingerprint density at radius 3 is 2.95 bits per heavy atom. The van der Waals surface area contributed by atoms with Gasteiger partial charge in [-0.3, -0.25) is 0 Å². The van der Waals surface area contributed by atoms with E-state index in [2.05, 4.69) is 4.98 Å². The second kappa shape index (κ2) is 4.18. The number of H-pyrrole nitrogens is 1. The van der Waals surface area contributed by atoms with Crippen molar-refractivity contribution in [2.45, 2.75) is 6.04 Å². The summed E-state index contributed by atoms with van der Waals surface area (Å²) in [7, 11) is 0. The fourth-order valence-electron chi connectivity index (χ4n) is 2.78. The van der Waals surface area contributed by atoms with Crippen LogP contribution in [0.1, 0.15) is 11.6 Å². The normalized spacial score (nSPS) is 17.1. The van der Waals surface area contributed by atoms with Crippen molar-refractivity contribution >= 4 is 23.3 Å². The lowest BCUT2D eigenvalue weighted by molar-refractivity contribution is 0.318. The summed E-state index contributed by atoms with van der Waals surface area (Å²) in [6.07, 6.45) is 0. The second-order valence-electron chi connectivity index (χ2n) is 4.80. The number of ether oxygens (including phenoxy) is 1. The molecular formula is C15H11FN2OS. The van der Waals surface area contributed by atoms with Gasteiger partial charge >= 0.3 is 0 Å². The SMILES string of the molecule is Fc1cccc2c1[nH]c(=S)n2C1COc2ccccc21. The Labute approximate surface area is 119 Å². The minimum Gasteiger partial charge on any atom is -0.491 e. The first-order valence-electron chi connectivity index (χ1n) is 6.36. The van der Waals surface area contributed by atoms with Gasteiger partial charge in [0.1, 0.15) is 23.7 Å². The maximum absolute atomic E-state index is 13.8. The second-order valence-corrected chi connectivity index (χ2v) is 5.19. The molecule has 20 heavy (non-hydrogen) atoms. The minimum atomic E-state index is -0.292. The maximum Gasteiger partial charge on any atom is 0.178 e. The van der Waals surface area contributed by atoms with Crippen LogP contribution < -0.4 is 4.74 Å². The number of benzene rings is 2. The lowest BCUT2D eigenvalue weighted by Crippen LogP contribution is -2.12. The lowest BCUT2D eigenvalue weighted by atomic mass is 10.1. The monoisotopic (exact) mass is 286 g/mol. The van der Waals surface area contributed by atoms with Crippen molar-refractivity contribution in [3.63, 3.8) is 0 Å². The topological polar surface area (TPSA) is 29.9 Å². The Morgan fingerprint density at radius 1 is 1.20 bits per heavy atom. The highest BCUT2D eigenvalue weighted by atomic mass is 32.1. The molecule has 0 amide bonds. The van der Waals surface area contributed by atoms with Crippen LogP contribution in [0.3, 0.4) is 0 Å². The van der Waals surface area contributed by atoms with E-state index in [-0.39, 0.29) is 11.9 Å². The first-order chi connectivity index (χ1) is 9.75. The molecule has 1 N–H and O–H groups in total. The van der Waals surface area contributed by atoms with Gasteiger partial charge < -0.3 is 14.3 Å². The molecular weight excluding hydrogens is 275 g/mol. The molecule has 0 bridgehead atoms. The molecule has 1 unspecified atom stereocenters. The average molecular weight is 286 g/mol. The third kappa shape index (κ3) is 1.53. The standard InChI is InChI=1S/C15H11FN2OS/c16-10-5-3-6-11-14(10)17-15(20)18(11)12-8-19-13-7-2-1-4-9(12)13/h1-7,12H,8H2,(H,17,20). The minimum absolute atomic E-state index is 0.0192. The first kappa shape index (κ1) is 11.7. The lowest BCUT2D eigenvalue weighted by Gasteiger charge is -2.12. The molecule has 1 aromatic heterocycles. The van der Waals surface area contributed by atoms with Gasteiger partial charge in [-0.05, 0) is 30.4 Å². The van der Waals surface area contributed by atoms with Crippen molar-refractivity contribution in [1.29, 1.82) is 0 Å². The number of hydrogen-bond acceptors (Lipinski definition) is 2. The highest BCUT2D eigenvalue weighted by molar-refractivity contribution is 7.71. The van der Waals surface area contributed by atoms with Crippen molar-refractivity contribution in [2.24, 2.45) is 0 Å². The third-order valence-electron chi connectivity index (χ3n) is 3.69. The van der Waals surface area contributed by atoms with Gasteiger partial charge in [-0.25, -0.2) is 4.39 Å². The van der Waals surface area contributed by atoms with Gasteiger partial charge in [0.15, 0.2) is 4.77 Å². The van der Waals surface area contributed by atoms with Gasteiger partial charge in [0, 0.05) is 5.56 Å². The molecule has 5 heteroatoms. The quantitative estimate of drug-likeness (QED) is 0.689. The number of aromatic nitrogens is 2. The van der Waals surface area contributed by atoms with E-state index < -0.39 is 0 Å². The Bertz CT molecular complexity index is 868. The molecule has 2 heterocycles. The van der Waals surface area contributed by atoms with Crippen LogP contribution in [0.25, 0.3) is 11.0 Å². The summed E-state index contributed by atoms with van der Waals surface area (Å²) >= 11 is 5.36. The molecule has 0 saturated heterocycles. The molecule has 3 nitrogen and oxygen atoms in total. The molecule has 0 radical (unpaired) electrons. The summed E-state index contributed by atoms with van der Waals surface area (Å²) in [6, 6.07) is 12.8. The Hall–Kier alpha value is -2.14. The highest BCUT2D eigenvalue weighted by Gasteiger charge is 2.27. The highest BCUT2D eigenvalue weighted by Crippen LogP contribution is 2.36. The number of nitrogens with one attached hydrogen (secondary N) is 1. The Kier molecular flexibility index (Phi) is 2.44. The van der Waals surface area contributed by atoms with Crippen molar-refractivity contribution in [1.82, 2.24) is 9.55 Å². The molecule has 0 saturated carbocycles. The number of para-hydroxylation sites is 2. The van der Waals surface area contributed by atoms with Crippen LogP contribution >= 0.6 is 12.2 Å². The first-order valence-corrected chi connectivity index (χ1v) is 6.77. The summed E-state index contributed by atoms with van der Waals surface area (Å²) in [5, 5.41) is 0. The zero-order valence-corrected chi connectivity index (χ0v) is 11.3. The average Bonchev–Trinajstić information content (AvgIpc) is 3.00. The predicted octanol–water partition coefficient (Wildman–Crippen LogP) is 3.82. The summed E-state index contributed by atoms with van der Waals surface area (Å²) < 4.78 is 22.0. The van der Waals surface area contributed by atoms with Crippen molar-refractivity contribution in [3.05, 3.63) is 58.6 Å². The van der Waals surface area contributed by atoms with Crippen LogP contribution in [0, 0.1) is 10.6 Å². The summed E-state index contributed by atoms with van der Waals surface area (Å²) in [5.41, 5.74) is 2.29. The van der Waals surface area contributed by atoms with Gasteiger partial charge in [0.2, 0.25) is 0 Å². The van der Waals surface area contributed by atoms with Crippen LogP contribution in [0.4, 0.5) is 4.39 Å². The Morgan fingerprint density at radius 2 is 2.05 bits per heavy atom. The van der Waals surface area contributed by atoms with E-state index in [9.17, 15) is 4.39 Å². The number of fused-ring (bicyclic) bond motifs is 2. The molecule has 100 valence electrons. The van der Waals surface area contributed by atoms with E-state index in [1.807, 2.05) is 34.9 Å². The van der Waals surface area contributed by atoms with Crippen LogP contribution in [0.2, 0.25) is 0 Å². The zero-order chi connectivity index (χ0) is 13.7. The van der Waals surface area contributed by atoms with E-state index in [1.165, 1.54) is 6.07 Å². The molecule has 0 aliphatic carbocycles. The fraction of sp³-hybridized carbons (Fsp3) is 0.133. The zero-order valence-electron chi connectivity index (χ0n) is 10.5. The van der Waals surface area contributed by atoms with Crippen molar-refractivity contribution in [2.75, 3.05) is 6.61 Å². The molecule has 1 atom stereocenters. The summed E-state index contributed by atoms with van der Waals surface area (Å²) in [5.74, 6) is 0.574. The third-order valence-corrected chi connectivity index (χ3v) is 3.99. The van der Waals surface area contributed by atoms with Gasteiger partial charge in [-0.2, -0.15) is 0 Å². The van der Waals surface area contributed by atoms with Crippen molar-refractivity contribution in [3.8, 4) is 5.75 Å². The van der Waals surface area contributed by atoms with E-state index >= 15 is 0 Å². The molecule has 2 aromatic carbocycles. The smallest absolute Gasteiger partial charge is 0.178 e. The number of nitrogens with zero attached hydrogens (tertiary/aromatic N) is 1. The number of aromatic amines is 1. The molecule has 3 aromatic rings. The van der Waals surface area contributed by atoms with Crippen LogP contribution in [-0.2, 0) is 0 Å². The van der Waals surface area contributed by atoms with E-state index in [1.54, 1.807) is 6.07 Å². The van der Waals surface area contributed by atoms with E-state index in [0.29, 0.717) is 16.9 Å². The number of halogens is 1. The van der Waals surface area contributed by atoms with Gasteiger partial charge in [0.05, 0.1) is 11.6 Å². The van der Waals surface area contributed by atoms with E-state index in [4.69, 9.17) is 17.0 Å². The fourth-order valence-corrected chi connectivity index (χ4v) is 3.11. The van der Waals surface area contributed by atoms with Gasteiger partial charge in [-0.1, -0.05) is 24.3 Å². The number of hydrogen-bond donors (Lipinski definition) is 1. The molecule has 1 aliphatic heterocycles. The van der Waals surface area contributed by atoms with Crippen LogP contribution in [-0.4, -0.2) is 16.2 Å². The largest absolute Gasteiger partial charge is 0.491 e. The number of imidazole rings is 1. The maximum atomic E-state index is 13.8. The summed E-state index contributed by atoms with van der Waals surface area (Å²) in [4.78, 5) is 2.95. The molecule has 0 spiro atoms. The van der Waals surface area contributed by atoms with Gasteiger partial charge in [-0.15, -0.1) is 0 Å². The van der Waals surface area contributed by atoms with E-state index in [0.717, 1.165) is 16.8 Å². The number of rotatable bonds is 1. The molecule has 0 fully saturated rings.